The summed E-state index contributed by atoms with van der Waals surface area (Å²) in [6.45, 7) is 4.66. The van der Waals surface area contributed by atoms with Crippen molar-refractivity contribution >= 4 is 5.91 Å². The lowest BCUT2D eigenvalue weighted by Gasteiger charge is -2.65. The van der Waals surface area contributed by atoms with Gasteiger partial charge in [0.1, 0.15) is 0 Å². The molecule has 3 aliphatic rings. The summed E-state index contributed by atoms with van der Waals surface area (Å²) in [5.74, 6) is 1.30. The molecule has 0 aromatic rings. The Hall–Kier alpha value is -0.570. The summed E-state index contributed by atoms with van der Waals surface area (Å²) >= 11 is 0. The first-order valence-electron chi connectivity index (χ1n) is 5.89. The van der Waals surface area contributed by atoms with E-state index in [1.165, 1.54) is 12.8 Å². The predicted molar refractivity (Wildman–Crippen MR) is 60.2 cm³/mol. The van der Waals surface area contributed by atoms with E-state index in [4.69, 9.17) is 5.73 Å². The van der Waals surface area contributed by atoms with Gasteiger partial charge in [-0.15, -0.1) is 0 Å². The van der Waals surface area contributed by atoms with Crippen LogP contribution in [-0.4, -0.2) is 18.5 Å². The highest BCUT2D eigenvalue weighted by Crippen LogP contribution is 2.63. The van der Waals surface area contributed by atoms with Crippen molar-refractivity contribution in [3.63, 3.8) is 0 Å². The van der Waals surface area contributed by atoms with Crippen LogP contribution in [0.25, 0.3) is 0 Å². The van der Waals surface area contributed by atoms with E-state index >= 15 is 0 Å². The molecule has 0 spiro atoms. The lowest BCUT2D eigenvalue weighted by molar-refractivity contribution is -0.142. The van der Waals surface area contributed by atoms with Gasteiger partial charge in [0.2, 0.25) is 5.91 Å². The van der Waals surface area contributed by atoms with Gasteiger partial charge in [0.25, 0.3) is 0 Å². The van der Waals surface area contributed by atoms with Gasteiger partial charge in [-0.05, 0) is 43.6 Å². The minimum Gasteiger partial charge on any atom is -0.370 e. The van der Waals surface area contributed by atoms with Gasteiger partial charge in [-0.1, -0.05) is 13.8 Å². The molecule has 3 aliphatic carbocycles. The molecule has 3 rings (SSSR count). The Kier molecular flexibility index (Phi) is 2.34. The summed E-state index contributed by atoms with van der Waals surface area (Å²) in [5, 5.41) is 3.39. The fraction of sp³-hybridized carbons (Fsp3) is 0.917. The number of nitrogens with two attached hydrogens (primary N) is 1. The van der Waals surface area contributed by atoms with Crippen molar-refractivity contribution < 1.29 is 4.79 Å². The lowest BCUT2D eigenvalue weighted by Crippen LogP contribution is -2.67. The first kappa shape index (κ1) is 10.9. The van der Waals surface area contributed by atoms with Crippen molar-refractivity contribution in [1.82, 2.24) is 5.32 Å². The molecule has 3 fully saturated rings. The zero-order valence-electron chi connectivity index (χ0n) is 9.97. The van der Waals surface area contributed by atoms with E-state index in [9.17, 15) is 4.79 Å². The second-order valence-electron chi connectivity index (χ2n) is 5.89. The van der Waals surface area contributed by atoms with Crippen LogP contribution in [-0.2, 0) is 4.79 Å². The molecule has 3 saturated carbocycles. The van der Waals surface area contributed by atoms with Crippen LogP contribution in [0.4, 0.5) is 0 Å². The first-order valence-corrected chi connectivity index (χ1v) is 5.89. The summed E-state index contributed by atoms with van der Waals surface area (Å²) in [5.41, 5.74) is 5.74. The molecule has 3 heteroatoms. The van der Waals surface area contributed by atoms with Crippen molar-refractivity contribution in [1.29, 1.82) is 0 Å². The van der Waals surface area contributed by atoms with Crippen LogP contribution >= 0.6 is 0 Å². The Morgan fingerprint density at radius 2 is 2.20 bits per heavy atom. The van der Waals surface area contributed by atoms with Crippen LogP contribution < -0.4 is 11.1 Å². The number of rotatable bonds is 3. The van der Waals surface area contributed by atoms with E-state index in [0.29, 0.717) is 17.8 Å². The standard InChI is InChI=1S/C12H22N2O/c1-11(2)8-4-5-12(14-3,7-10(13)15)9(11)6-8/h8-9,14H,4-7H2,1-3H3,(H2,13,15). The molecule has 86 valence electrons. The number of hydrogen-bond donors (Lipinski definition) is 2. The van der Waals surface area contributed by atoms with Gasteiger partial charge < -0.3 is 11.1 Å². The molecular weight excluding hydrogens is 188 g/mol. The molecule has 15 heavy (non-hydrogen) atoms. The van der Waals surface area contributed by atoms with Gasteiger partial charge in [0.15, 0.2) is 0 Å². The highest BCUT2D eigenvalue weighted by molar-refractivity contribution is 5.75. The maximum Gasteiger partial charge on any atom is 0.219 e. The highest BCUT2D eigenvalue weighted by atomic mass is 16.1. The van der Waals surface area contributed by atoms with Crippen LogP contribution in [0.15, 0.2) is 0 Å². The Morgan fingerprint density at radius 1 is 1.53 bits per heavy atom. The monoisotopic (exact) mass is 210 g/mol. The Morgan fingerprint density at radius 3 is 2.60 bits per heavy atom. The highest BCUT2D eigenvalue weighted by Gasteiger charge is 2.60. The SMILES string of the molecule is CNC1(CC(N)=O)CCC2CC1C2(C)C. The quantitative estimate of drug-likeness (QED) is 0.737. The average molecular weight is 210 g/mol. The number of carbonyl (C=O) groups excluding carboxylic acids is 1. The molecule has 0 aromatic carbocycles. The van der Waals surface area contributed by atoms with E-state index in [2.05, 4.69) is 19.2 Å². The second-order valence-corrected chi connectivity index (χ2v) is 5.89. The topological polar surface area (TPSA) is 55.1 Å². The van der Waals surface area contributed by atoms with Gasteiger partial charge in [-0.3, -0.25) is 4.79 Å². The van der Waals surface area contributed by atoms with Gasteiger partial charge in [0.05, 0.1) is 0 Å². The molecule has 3 unspecified atom stereocenters. The molecule has 0 saturated heterocycles. The number of nitrogens with one attached hydrogen (secondary N) is 1. The van der Waals surface area contributed by atoms with Crippen LogP contribution in [0.1, 0.15) is 39.5 Å². The number of primary amides is 1. The third-order valence-corrected chi connectivity index (χ3v) is 5.06. The summed E-state index contributed by atoms with van der Waals surface area (Å²) in [6.07, 6.45) is 4.09. The minimum absolute atomic E-state index is 0.0237. The van der Waals surface area contributed by atoms with Gasteiger partial charge >= 0.3 is 0 Å². The van der Waals surface area contributed by atoms with E-state index in [1.54, 1.807) is 0 Å². The largest absolute Gasteiger partial charge is 0.370 e. The number of amides is 1. The Bertz CT molecular complexity index is 285. The van der Waals surface area contributed by atoms with Gasteiger partial charge in [-0.25, -0.2) is 0 Å². The zero-order chi connectivity index (χ0) is 11.3. The molecule has 3 N–H and O–H groups in total. The molecule has 2 bridgehead atoms. The third kappa shape index (κ3) is 1.40. The molecule has 0 aliphatic heterocycles. The molecule has 1 amide bonds. The first-order chi connectivity index (χ1) is 6.92. The molecule has 0 radical (unpaired) electrons. The smallest absolute Gasteiger partial charge is 0.219 e. The van der Waals surface area contributed by atoms with Crippen LogP contribution in [0, 0.1) is 17.3 Å². The minimum atomic E-state index is -0.175. The zero-order valence-corrected chi connectivity index (χ0v) is 9.97. The van der Waals surface area contributed by atoms with Crippen molar-refractivity contribution in [3.8, 4) is 0 Å². The number of carbonyl (C=O) groups is 1. The van der Waals surface area contributed by atoms with E-state index in [-0.39, 0.29) is 11.4 Å². The fourth-order valence-electron chi connectivity index (χ4n) is 3.96. The summed E-state index contributed by atoms with van der Waals surface area (Å²) < 4.78 is 0. The normalized spacial score (nSPS) is 42.1. The Labute approximate surface area is 91.8 Å². The number of fused-ring (bicyclic) bond motifs is 2. The van der Waals surface area contributed by atoms with Crippen molar-refractivity contribution in [2.24, 2.45) is 23.0 Å². The fourth-order valence-corrected chi connectivity index (χ4v) is 3.96. The van der Waals surface area contributed by atoms with E-state index in [1.807, 2.05) is 7.05 Å². The van der Waals surface area contributed by atoms with E-state index in [0.717, 1.165) is 12.3 Å². The van der Waals surface area contributed by atoms with Crippen LogP contribution in [0.2, 0.25) is 0 Å². The van der Waals surface area contributed by atoms with Crippen molar-refractivity contribution in [2.75, 3.05) is 7.05 Å². The maximum atomic E-state index is 11.2. The maximum absolute atomic E-state index is 11.2. The van der Waals surface area contributed by atoms with Crippen molar-refractivity contribution in [2.45, 2.75) is 45.1 Å². The van der Waals surface area contributed by atoms with Gasteiger partial charge in [-0.2, -0.15) is 0 Å². The average Bonchev–Trinajstić information content (AvgIpc) is 2.16. The predicted octanol–water partition coefficient (Wildman–Crippen LogP) is 1.28. The van der Waals surface area contributed by atoms with Crippen LogP contribution in [0.3, 0.4) is 0 Å². The van der Waals surface area contributed by atoms with Gasteiger partial charge in [0, 0.05) is 12.0 Å². The van der Waals surface area contributed by atoms with Crippen LogP contribution in [0.5, 0.6) is 0 Å². The number of hydrogen-bond acceptors (Lipinski definition) is 2. The molecule has 3 atom stereocenters. The third-order valence-electron chi connectivity index (χ3n) is 5.06. The summed E-state index contributed by atoms with van der Waals surface area (Å²) in [6, 6.07) is 0. The Balaban J connectivity index is 2.22. The van der Waals surface area contributed by atoms with Crippen molar-refractivity contribution in [3.05, 3.63) is 0 Å². The molecule has 0 aromatic heterocycles. The molecule has 0 heterocycles. The lowest BCUT2D eigenvalue weighted by atomic mass is 9.42. The summed E-state index contributed by atoms with van der Waals surface area (Å²) in [7, 11) is 1.97. The molecule has 3 nitrogen and oxygen atoms in total. The van der Waals surface area contributed by atoms with E-state index < -0.39 is 0 Å². The molecular formula is C12H22N2O. The second kappa shape index (κ2) is 3.21. The summed E-state index contributed by atoms with van der Waals surface area (Å²) in [4.78, 5) is 11.2.